The number of halogens is 2. The van der Waals surface area contributed by atoms with E-state index in [4.69, 9.17) is 5.26 Å². The fourth-order valence-electron chi connectivity index (χ4n) is 3.98. The van der Waals surface area contributed by atoms with Crippen molar-refractivity contribution >= 4 is 16.5 Å². The van der Waals surface area contributed by atoms with Gasteiger partial charge in [0.05, 0.1) is 10.9 Å². The molecule has 0 saturated carbocycles. The summed E-state index contributed by atoms with van der Waals surface area (Å²) >= 11 is 0. The second-order valence-electron chi connectivity index (χ2n) is 7.54. The average molecular weight is 408 g/mol. The van der Waals surface area contributed by atoms with E-state index in [1.165, 1.54) is 18.2 Å². The zero-order chi connectivity index (χ0) is 21.1. The Morgan fingerprint density at radius 2 is 1.83 bits per heavy atom. The molecule has 1 aliphatic rings. The number of pyridine rings is 1. The van der Waals surface area contributed by atoms with Crippen molar-refractivity contribution in [3.63, 3.8) is 0 Å². The molecule has 0 amide bonds. The maximum atomic E-state index is 13.9. The quantitative estimate of drug-likeness (QED) is 0.703. The fourth-order valence-corrected chi connectivity index (χ4v) is 3.98. The summed E-state index contributed by atoms with van der Waals surface area (Å²) in [5, 5.41) is 9.58. The molecule has 30 heavy (non-hydrogen) atoms. The molecule has 0 atom stereocenters. The highest BCUT2D eigenvalue weighted by Crippen LogP contribution is 2.20. The van der Waals surface area contributed by atoms with Crippen LogP contribution < -0.4 is 10.5 Å². The maximum absolute atomic E-state index is 13.9. The van der Waals surface area contributed by atoms with Crippen LogP contribution in [0.5, 0.6) is 0 Å². The standard InChI is InChI=1S/C23H22F2N4O/c24-20-5-1-3-16-13-18(27-23(30)22(16)20)4-2-8-28-9-11-29(12-10-28)19-7-6-17(15-26)21(25)14-19/h1,3,5-7,13-14H,2,4,8-12H2,(H,27,30). The first kappa shape index (κ1) is 20.0. The van der Waals surface area contributed by atoms with Crippen LogP contribution in [0.2, 0.25) is 0 Å². The molecule has 0 spiro atoms. The number of nitrogens with one attached hydrogen (secondary N) is 1. The normalized spacial score (nSPS) is 14.8. The first-order valence-electron chi connectivity index (χ1n) is 10.0. The minimum atomic E-state index is -0.500. The maximum Gasteiger partial charge on any atom is 0.258 e. The Hall–Kier alpha value is -3.24. The van der Waals surface area contributed by atoms with Crippen molar-refractivity contribution in [2.75, 3.05) is 37.6 Å². The van der Waals surface area contributed by atoms with E-state index in [0.717, 1.165) is 50.5 Å². The van der Waals surface area contributed by atoms with Crippen molar-refractivity contribution < 1.29 is 8.78 Å². The number of hydrogen-bond donors (Lipinski definition) is 1. The van der Waals surface area contributed by atoms with Crippen molar-refractivity contribution in [3.05, 3.63) is 75.7 Å². The summed E-state index contributed by atoms with van der Waals surface area (Å²) in [5.74, 6) is -0.984. The van der Waals surface area contributed by atoms with Gasteiger partial charge in [0.15, 0.2) is 0 Å². The molecule has 2 aromatic carbocycles. The number of aromatic nitrogens is 1. The third-order valence-electron chi connectivity index (χ3n) is 5.61. The van der Waals surface area contributed by atoms with Crippen LogP contribution in [0, 0.1) is 23.0 Å². The third-order valence-corrected chi connectivity index (χ3v) is 5.61. The van der Waals surface area contributed by atoms with Crippen LogP contribution in [-0.4, -0.2) is 42.6 Å². The smallest absolute Gasteiger partial charge is 0.258 e. The van der Waals surface area contributed by atoms with Gasteiger partial charge in [-0.3, -0.25) is 9.69 Å². The van der Waals surface area contributed by atoms with Crippen LogP contribution in [0.1, 0.15) is 17.7 Å². The Bertz CT molecular complexity index is 1160. The molecule has 7 heteroatoms. The molecule has 1 aliphatic heterocycles. The van der Waals surface area contributed by atoms with Crippen molar-refractivity contribution in [2.45, 2.75) is 12.8 Å². The topological polar surface area (TPSA) is 63.1 Å². The van der Waals surface area contributed by atoms with E-state index in [2.05, 4.69) is 14.8 Å². The van der Waals surface area contributed by atoms with Gasteiger partial charge < -0.3 is 9.88 Å². The Balaban J connectivity index is 1.30. The van der Waals surface area contributed by atoms with E-state index in [9.17, 15) is 13.6 Å². The van der Waals surface area contributed by atoms with Gasteiger partial charge in [-0.1, -0.05) is 12.1 Å². The van der Waals surface area contributed by atoms with Gasteiger partial charge >= 0.3 is 0 Å². The summed E-state index contributed by atoms with van der Waals surface area (Å²) in [5.41, 5.74) is 1.28. The lowest BCUT2D eigenvalue weighted by atomic mass is 10.1. The minimum Gasteiger partial charge on any atom is -0.369 e. The molecule has 2 heterocycles. The predicted molar refractivity (Wildman–Crippen MR) is 113 cm³/mol. The number of benzene rings is 2. The molecule has 0 bridgehead atoms. The summed E-state index contributed by atoms with van der Waals surface area (Å²) in [7, 11) is 0. The van der Waals surface area contributed by atoms with E-state index < -0.39 is 11.6 Å². The van der Waals surface area contributed by atoms with Gasteiger partial charge in [-0.2, -0.15) is 5.26 Å². The Labute approximate surface area is 173 Å². The number of H-pyrrole nitrogens is 1. The first-order chi connectivity index (χ1) is 14.5. The van der Waals surface area contributed by atoms with Crippen molar-refractivity contribution in [1.82, 2.24) is 9.88 Å². The zero-order valence-electron chi connectivity index (χ0n) is 16.5. The van der Waals surface area contributed by atoms with Crippen molar-refractivity contribution in [1.29, 1.82) is 5.26 Å². The number of rotatable bonds is 5. The molecule has 1 N–H and O–H groups in total. The molecular formula is C23H22F2N4O. The van der Waals surface area contributed by atoms with Gasteiger partial charge in [-0.15, -0.1) is 0 Å². The average Bonchev–Trinajstić information content (AvgIpc) is 2.74. The molecule has 154 valence electrons. The van der Waals surface area contributed by atoms with Crippen LogP contribution in [0.25, 0.3) is 10.8 Å². The van der Waals surface area contributed by atoms with Crippen molar-refractivity contribution in [3.8, 4) is 6.07 Å². The van der Waals surface area contributed by atoms with E-state index in [0.29, 0.717) is 11.8 Å². The van der Waals surface area contributed by atoms with Gasteiger partial charge in [-0.25, -0.2) is 8.78 Å². The molecule has 1 fully saturated rings. The highest BCUT2D eigenvalue weighted by Gasteiger charge is 2.18. The molecule has 4 rings (SSSR count). The van der Waals surface area contributed by atoms with E-state index in [1.807, 2.05) is 12.1 Å². The molecule has 0 radical (unpaired) electrons. The van der Waals surface area contributed by atoms with Crippen LogP contribution >= 0.6 is 0 Å². The van der Waals surface area contributed by atoms with Crippen LogP contribution in [-0.2, 0) is 6.42 Å². The van der Waals surface area contributed by atoms with E-state index in [-0.39, 0.29) is 16.5 Å². The highest BCUT2D eigenvalue weighted by molar-refractivity contribution is 5.82. The highest BCUT2D eigenvalue weighted by atomic mass is 19.1. The Morgan fingerprint density at radius 1 is 1.03 bits per heavy atom. The lowest BCUT2D eigenvalue weighted by Crippen LogP contribution is -2.46. The number of anilines is 1. The monoisotopic (exact) mass is 408 g/mol. The molecule has 5 nitrogen and oxygen atoms in total. The molecular weight excluding hydrogens is 386 g/mol. The molecule has 0 aliphatic carbocycles. The number of hydrogen-bond acceptors (Lipinski definition) is 4. The summed E-state index contributed by atoms with van der Waals surface area (Å²) in [6, 6.07) is 13.1. The van der Waals surface area contributed by atoms with Gasteiger partial charge in [0, 0.05) is 37.6 Å². The molecule has 0 unspecified atom stereocenters. The third kappa shape index (κ3) is 4.19. The van der Waals surface area contributed by atoms with Crippen LogP contribution in [0.3, 0.4) is 0 Å². The van der Waals surface area contributed by atoms with Crippen LogP contribution in [0.15, 0.2) is 47.3 Å². The van der Waals surface area contributed by atoms with Gasteiger partial charge in [0.25, 0.3) is 5.56 Å². The summed E-state index contributed by atoms with van der Waals surface area (Å²) < 4.78 is 27.7. The summed E-state index contributed by atoms with van der Waals surface area (Å²) in [4.78, 5) is 19.4. The number of nitrogens with zero attached hydrogens (tertiary/aromatic N) is 3. The second-order valence-corrected chi connectivity index (χ2v) is 7.54. The van der Waals surface area contributed by atoms with Crippen LogP contribution in [0.4, 0.5) is 14.5 Å². The lowest BCUT2D eigenvalue weighted by molar-refractivity contribution is 0.255. The van der Waals surface area contributed by atoms with Gasteiger partial charge in [0.2, 0.25) is 0 Å². The zero-order valence-corrected chi connectivity index (χ0v) is 16.5. The van der Waals surface area contributed by atoms with Gasteiger partial charge in [0.1, 0.15) is 17.7 Å². The Morgan fingerprint density at radius 3 is 2.57 bits per heavy atom. The minimum absolute atomic E-state index is 0.0619. The largest absolute Gasteiger partial charge is 0.369 e. The number of aromatic amines is 1. The second kappa shape index (κ2) is 8.64. The molecule has 1 saturated heterocycles. The fraction of sp³-hybridized carbons (Fsp3) is 0.304. The number of aryl methyl sites for hydroxylation is 1. The SMILES string of the molecule is N#Cc1ccc(N2CCN(CCCc3cc4cccc(F)c4c(=O)[nH]3)CC2)cc1F. The van der Waals surface area contributed by atoms with Gasteiger partial charge in [-0.05, 0) is 55.1 Å². The number of piperazine rings is 1. The van der Waals surface area contributed by atoms with E-state index >= 15 is 0 Å². The number of fused-ring (bicyclic) bond motifs is 1. The molecule has 1 aromatic heterocycles. The molecule has 3 aromatic rings. The van der Waals surface area contributed by atoms with Crippen molar-refractivity contribution in [2.24, 2.45) is 0 Å². The summed E-state index contributed by atoms with van der Waals surface area (Å²) in [6.07, 6.45) is 1.59. The van der Waals surface area contributed by atoms with E-state index in [1.54, 1.807) is 18.2 Å². The number of nitriles is 1. The lowest BCUT2D eigenvalue weighted by Gasteiger charge is -2.36. The first-order valence-corrected chi connectivity index (χ1v) is 10.0. The Kier molecular flexibility index (Phi) is 5.77. The predicted octanol–water partition coefficient (Wildman–Crippen LogP) is 3.43. The summed E-state index contributed by atoms with van der Waals surface area (Å²) in [6.45, 7) is 4.19.